The van der Waals surface area contributed by atoms with Gasteiger partial charge in [-0.25, -0.2) is 0 Å². The van der Waals surface area contributed by atoms with E-state index in [2.05, 4.69) is 24.3 Å². The molecule has 0 aliphatic carbocycles. The summed E-state index contributed by atoms with van der Waals surface area (Å²) in [7, 11) is -2.30. The highest BCUT2D eigenvalue weighted by atomic mass is 28.4. The van der Waals surface area contributed by atoms with E-state index in [0.29, 0.717) is 6.79 Å². The van der Waals surface area contributed by atoms with Crippen LogP contribution in [0.5, 0.6) is 0 Å². The molecular weight excluding hydrogens is 216 g/mol. The molecule has 0 aromatic heterocycles. The Labute approximate surface area is 95.7 Å². The van der Waals surface area contributed by atoms with E-state index in [1.165, 1.54) is 10.4 Å². The van der Waals surface area contributed by atoms with Gasteiger partial charge in [-0.05, 0) is 10.4 Å². The van der Waals surface area contributed by atoms with Gasteiger partial charge in [-0.3, -0.25) is 0 Å². The molecule has 0 spiro atoms. The van der Waals surface area contributed by atoms with Crippen LogP contribution in [0.4, 0.5) is 0 Å². The van der Waals surface area contributed by atoms with Crippen molar-refractivity contribution in [3.8, 4) is 0 Å². The normalized spacial score (nSPS) is 17.8. The van der Waals surface area contributed by atoms with Crippen LogP contribution >= 0.6 is 0 Å². The van der Waals surface area contributed by atoms with Crippen LogP contribution in [-0.4, -0.2) is 15.4 Å². The summed E-state index contributed by atoms with van der Waals surface area (Å²) in [6.07, 6.45) is 0. The second-order valence-corrected chi connectivity index (χ2v) is 6.72. The van der Waals surface area contributed by atoms with E-state index in [4.69, 9.17) is 8.85 Å². The summed E-state index contributed by atoms with van der Waals surface area (Å²) < 4.78 is 11.6. The highest BCUT2D eigenvalue weighted by Crippen LogP contribution is 2.17. The van der Waals surface area contributed by atoms with Crippen molar-refractivity contribution >= 4 is 18.9 Å². The molecule has 3 rings (SSSR count). The molecule has 0 amide bonds. The molecular formula is C13H12O2Si. The number of benzene rings is 2. The average Bonchev–Trinajstić information content (AvgIpc) is 2.31. The topological polar surface area (TPSA) is 18.5 Å². The summed E-state index contributed by atoms with van der Waals surface area (Å²) in [5, 5.41) is 2.35. The number of hydrogen-bond acceptors (Lipinski definition) is 2. The minimum Gasteiger partial charge on any atom is -0.364 e. The van der Waals surface area contributed by atoms with Gasteiger partial charge < -0.3 is 8.85 Å². The summed E-state index contributed by atoms with van der Waals surface area (Å²) in [6.45, 7) is 0.413. The van der Waals surface area contributed by atoms with E-state index in [-0.39, 0.29) is 0 Å². The van der Waals surface area contributed by atoms with Gasteiger partial charge in [0, 0.05) is 0 Å². The van der Waals surface area contributed by atoms with Crippen molar-refractivity contribution in [1.82, 2.24) is 0 Å². The van der Waals surface area contributed by atoms with Crippen LogP contribution in [0.25, 0.3) is 0 Å². The van der Waals surface area contributed by atoms with Gasteiger partial charge in [0.05, 0.1) is 0 Å². The molecule has 2 nitrogen and oxygen atoms in total. The molecule has 0 radical (unpaired) electrons. The lowest BCUT2D eigenvalue weighted by molar-refractivity contribution is -0.0182. The van der Waals surface area contributed by atoms with Gasteiger partial charge in [-0.1, -0.05) is 60.7 Å². The summed E-state index contributed by atoms with van der Waals surface area (Å²) in [6, 6.07) is 20.4. The SMILES string of the molecule is c1ccc([Si]2(c3ccccc3)OCO2)cc1. The van der Waals surface area contributed by atoms with Gasteiger partial charge >= 0.3 is 8.56 Å². The summed E-state index contributed by atoms with van der Waals surface area (Å²) in [4.78, 5) is 0. The fourth-order valence-electron chi connectivity index (χ4n) is 1.99. The van der Waals surface area contributed by atoms with Crippen molar-refractivity contribution in [1.29, 1.82) is 0 Å². The van der Waals surface area contributed by atoms with Gasteiger partial charge in [0.2, 0.25) is 0 Å². The predicted molar refractivity (Wildman–Crippen MR) is 64.9 cm³/mol. The van der Waals surface area contributed by atoms with Crippen molar-refractivity contribution in [3.63, 3.8) is 0 Å². The minimum atomic E-state index is -2.30. The molecule has 0 N–H and O–H groups in total. The van der Waals surface area contributed by atoms with E-state index >= 15 is 0 Å². The molecule has 80 valence electrons. The Bertz CT molecular complexity index is 424. The highest BCUT2D eigenvalue weighted by Gasteiger charge is 2.49. The van der Waals surface area contributed by atoms with Crippen molar-refractivity contribution in [2.45, 2.75) is 0 Å². The van der Waals surface area contributed by atoms with Crippen molar-refractivity contribution < 1.29 is 8.85 Å². The van der Waals surface area contributed by atoms with Crippen LogP contribution in [0.2, 0.25) is 0 Å². The Hall–Kier alpha value is -1.42. The molecule has 1 aliphatic rings. The summed E-state index contributed by atoms with van der Waals surface area (Å²) in [5.74, 6) is 0. The molecule has 1 aliphatic heterocycles. The summed E-state index contributed by atoms with van der Waals surface area (Å²) in [5.41, 5.74) is 0. The number of rotatable bonds is 2. The van der Waals surface area contributed by atoms with Crippen molar-refractivity contribution in [3.05, 3.63) is 60.7 Å². The second kappa shape index (κ2) is 3.86. The molecule has 0 bridgehead atoms. The third-order valence-electron chi connectivity index (χ3n) is 2.83. The van der Waals surface area contributed by atoms with E-state index < -0.39 is 8.56 Å². The van der Waals surface area contributed by atoms with Gasteiger partial charge in [-0.2, -0.15) is 0 Å². The fourth-order valence-corrected chi connectivity index (χ4v) is 4.61. The minimum absolute atomic E-state index is 0.413. The van der Waals surface area contributed by atoms with Crippen molar-refractivity contribution in [2.75, 3.05) is 6.79 Å². The maximum Gasteiger partial charge on any atom is 0.410 e. The van der Waals surface area contributed by atoms with Crippen LogP contribution in [0.1, 0.15) is 0 Å². The van der Waals surface area contributed by atoms with Crippen LogP contribution in [0.3, 0.4) is 0 Å². The maximum atomic E-state index is 5.81. The monoisotopic (exact) mass is 228 g/mol. The standard InChI is InChI=1S/C13H12O2Si/c1-3-7-12(8-4-1)16(14-11-15-16)13-9-5-2-6-10-13/h1-10H,11H2. The highest BCUT2D eigenvalue weighted by molar-refractivity contribution is 6.93. The van der Waals surface area contributed by atoms with E-state index in [0.717, 1.165) is 0 Å². The first kappa shape index (κ1) is 9.78. The Kier molecular flexibility index (Phi) is 2.36. The molecule has 3 heteroatoms. The van der Waals surface area contributed by atoms with Crippen molar-refractivity contribution in [2.24, 2.45) is 0 Å². The zero-order chi connectivity index (χ0) is 10.8. The van der Waals surface area contributed by atoms with E-state index in [1.54, 1.807) is 0 Å². The molecule has 1 fully saturated rings. The lowest BCUT2D eigenvalue weighted by Gasteiger charge is -2.39. The molecule has 0 saturated carbocycles. The van der Waals surface area contributed by atoms with Gasteiger partial charge in [0.25, 0.3) is 0 Å². The maximum absolute atomic E-state index is 5.81. The Morgan fingerprint density at radius 1 is 0.688 bits per heavy atom. The largest absolute Gasteiger partial charge is 0.410 e. The average molecular weight is 228 g/mol. The van der Waals surface area contributed by atoms with Crippen LogP contribution < -0.4 is 10.4 Å². The summed E-state index contributed by atoms with van der Waals surface area (Å²) >= 11 is 0. The van der Waals surface area contributed by atoms with E-state index in [1.807, 2.05) is 36.4 Å². The van der Waals surface area contributed by atoms with Gasteiger partial charge in [0.1, 0.15) is 6.79 Å². The Morgan fingerprint density at radius 2 is 1.12 bits per heavy atom. The quantitative estimate of drug-likeness (QED) is 0.720. The van der Waals surface area contributed by atoms with Crippen LogP contribution in [0.15, 0.2) is 60.7 Å². The molecule has 16 heavy (non-hydrogen) atoms. The smallest absolute Gasteiger partial charge is 0.364 e. The van der Waals surface area contributed by atoms with Crippen LogP contribution in [-0.2, 0) is 8.85 Å². The van der Waals surface area contributed by atoms with Gasteiger partial charge in [0.15, 0.2) is 0 Å². The Morgan fingerprint density at radius 3 is 1.44 bits per heavy atom. The van der Waals surface area contributed by atoms with Crippen LogP contribution in [0, 0.1) is 0 Å². The molecule has 1 saturated heterocycles. The second-order valence-electron chi connectivity index (χ2n) is 3.76. The first-order chi connectivity index (χ1) is 7.92. The first-order valence-electron chi connectivity index (χ1n) is 5.31. The lowest BCUT2D eigenvalue weighted by atomic mass is 10.4. The zero-order valence-corrected chi connectivity index (χ0v) is 9.80. The molecule has 0 atom stereocenters. The molecule has 2 aromatic rings. The molecule has 1 heterocycles. The lowest BCUT2D eigenvalue weighted by Crippen LogP contribution is -2.70. The predicted octanol–water partition coefficient (Wildman–Crippen LogP) is 1.25. The zero-order valence-electron chi connectivity index (χ0n) is 8.80. The molecule has 0 unspecified atom stereocenters. The third-order valence-corrected chi connectivity index (χ3v) is 6.07. The fraction of sp³-hybridized carbons (Fsp3) is 0.0769. The van der Waals surface area contributed by atoms with Gasteiger partial charge in [-0.15, -0.1) is 0 Å². The van der Waals surface area contributed by atoms with E-state index in [9.17, 15) is 0 Å². The number of hydrogen-bond donors (Lipinski definition) is 0. The molecule has 2 aromatic carbocycles. The Balaban J connectivity index is 2.08. The third kappa shape index (κ3) is 1.41. The first-order valence-corrected chi connectivity index (χ1v) is 7.12.